The maximum Gasteiger partial charge on any atom is 0.251 e. The van der Waals surface area contributed by atoms with E-state index >= 15 is 0 Å². The quantitative estimate of drug-likeness (QED) is 0.640. The van der Waals surface area contributed by atoms with Gasteiger partial charge in [0.25, 0.3) is 5.91 Å². The minimum absolute atomic E-state index is 0.162. The highest BCUT2D eigenvalue weighted by molar-refractivity contribution is 5.95. The van der Waals surface area contributed by atoms with Crippen molar-refractivity contribution in [1.82, 2.24) is 5.32 Å². The van der Waals surface area contributed by atoms with Crippen molar-refractivity contribution in [2.45, 2.75) is 6.54 Å². The maximum absolute atomic E-state index is 12.0. The Bertz CT molecular complexity index is 650. The number of benzene rings is 2. The number of phenols is 2. The van der Waals surface area contributed by atoms with Crippen LogP contribution in [0.2, 0.25) is 0 Å². The van der Waals surface area contributed by atoms with Gasteiger partial charge in [-0.05, 0) is 30.3 Å². The van der Waals surface area contributed by atoms with E-state index in [1.54, 1.807) is 18.2 Å². The van der Waals surface area contributed by atoms with Crippen LogP contribution in [0.1, 0.15) is 15.9 Å². The number of phenolic OH excluding ortho intramolecular Hbond substituents is 2. The van der Waals surface area contributed by atoms with E-state index in [9.17, 15) is 15.0 Å². The summed E-state index contributed by atoms with van der Waals surface area (Å²) in [4.78, 5) is 12.0. The molecule has 6 nitrogen and oxygen atoms in total. The van der Waals surface area contributed by atoms with Crippen LogP contribution in [0.4, 0.5) is 5.69 Å². The van der Waals surface area contributed by atoms with Crippen molar-refractivity contribution in [3.05, 3.63) is 47.5 Å². The third-order valence-electron chi connectivity index (χ3n) is 2.91. The molecule has 5 N–H and O–H groups in total. The molecule has 1 amide bonds. The first-order chi connectivity index (χ1) is 9.99. The molecule has 0 unspecified atom stereocenters. The average Bonchev–Trinajstić information content (AvgIpc) is 2.43. The number of aromatic hydroxyl groups is 2. The summed E-state index contributed by atoms with van der Waals surface area (Å²) in [5, 5.41) is 21.4. The topological polar surface area (TPSA) is 105 Å². The van der Waals surface area contributed by atoms with E-state index in [4.69, 9.17) is 10.5 Å². The van der Waals surface area contributed by atoms with E-state index in [1.165, 1.54) is 19.2 Å². The van der Waals surface area contributed by atoms with Crippen LogP contribution in [0.3, 0.4) is 0 Å². The summed E-state index contributed by atoms with van der Waals surface area (Å²) < 4.78 is 5.19. The molecule has 0 atom stereocenters. The fourth-order valence-electron chi connectivity index (χ4n) is 1.94. The van der Waals surface area contributed by atoms with Gasteiger partial charge in [0.15, 0.2) is 0 Å². The van der Waals surface area contributed by atoms with E-state index in [0.29, 0.717) is 11.4 Å². The van der Waals surface area contributed by atoms with Crippen molar-refractivity contribution < 1.29 is 19.7 Å². The number of nitrogens with one attached hydrogen (secondary N) is 1. The number of hydrogen-bond acceptors (Lipinski definition) is 5. The second kappa shape index (κ2) is 6.04. The van der Waals surface area contributed by atoms with Crippen LogP contribution in [-0.2, 0) is 6.54 Å². The van der Waals surface area contributed by atoms with Gasteiger partial charge in [0.1, 0.15) is 17.2 Å². The summed E-state index contributed by atoms with van der Waals surface area (Å²) >= 11 is 0. The highest BCUT2D eigenvalue weighted by atomic mass is 16.5. The number of methoxy groups -OCH3 is 1. The number of hydrogen-bond donors (Lipinski definition) is 4. The molecule has 0 aliphatic carbocycles. The second-order valence-electron chi connectivity index (χ2n) is 4.49. The fourth-order valence-corrected chi connectivity index (χ4v) is 1.94. The number of nitrogen functional groups attached to an aromatic ring is 1. The molecule has 0 saturated heterocycles. The minimum Gasteiger partial charge on any atom is -0.508 e. The normalized spacial score (nSPS) is 10.1. The van der Waals surface area contributed by atoms with Gasteiger partial charge < -0.3 is 26.0 Å². The van der Waals surface area contributed by atoms with Gasteiger partial charge in [0.05, 0.1) is 7.11 Å². The summed E-state index contributed by atoms with van der Waals surface area (Å²) in [6, 6.07) is 8.82. The number of nitrogens with two attached hydrogens (primary N) is 1. The third-order valence-corrected chi connectivity index (χ3v) is 2.91. The molecule has 0 aromatic heterocycles. The number of ether oxygens (including phenoxy) is 1. The Morgan fingerprint density at radius 1 is 1.19 bits per heavy atom. The van der Waals surface area contributed by atoms with Gasteiger partial charge in [-0.3, -0.25) is 4.79 Å². The number of anilines is 1. The second-order valence-corrected chi connectivity index (χ2v) is 4.49. The van der Waals surface area contributed by atoms with Crippen LogP contribution in [0.5, 0.6) is 17.2 Å². The molecule has 110 valence electrons. The Morgan fingerprint density at radius 3 is 2.48 bits per heavy atom. The van der Waals surface area contributed by atoms with Crippen LogP contribution in [0, 0.1) is 0 Å². The molecule has 21 heavy (non-hydrogen) atoms. The van der Waals surface area contributed by atoms with Gasteiger partial charge >= 0.3 is 0 Å². The average molecular weight is 288 g/mol. The molecule has 0 spiro atoms. The maximum atomic E-state index is 12.0. The lowest BCUT2D eigenvalue weighted by atomic mass is 10.1. The Labute approximate surface area is 121 Å². The summed E-state index contributed by atoms with van der Waals surface area (Å²) in [5.74, 6) is -0.169. The Balaban J connectivity index is 2.12. The van der Waals surface area contributed by atoms with Crippen molar-refractivity contribution in [2.75, 3.05) is 12.8 Å². The molecule has 0 saturated carbocycles. The number of carbonyl (C=O) groups is 1. The molecule has 2 aromatic rings. The van der Waals surface area contributed by atoms with Crippen LogP contribution < -0.4 is 15.8 Å². The van der Waals surface area contributed by atoms with Crippen molar-refractivity contribution in [3.63, 3.8) is 0 Å². The van der Waals surface area contributed by atoms with Crippen molar-refractivity contribution in [3.8, 4) is 17.2 Å². The molecular formula is C15H16N2O4. The lowest BCUT2D eigenvalue weighted by Gasteiger charge is -2.11. The van der Waals surface area contributed by atoms with Crippen molar-refractivity contribution >= 4 is 11.6 Å². The van der Waals surface area contributed by atoms with Gasteiger partial charge in [-0.1, -0.05) is 0 Å². The first-order valence-electron chi connectivity index (χ1n) is 6.23. The van der Waals surface area contributed by atoms with Crippen LogP contribution >= 0.6 is 0 Å². The SMILES string of the molecule is COc1ccc(N)cc1CNC(=O)c1cc(O)cc(O)c1. The molecule has 0 heterocycles. The van der Waals surface area contributed by atoms with Gasteiger partial charge in [0, 0.05) is 29.4 Å². The predicted molar refractivity (Wildman–Crippen MR) is 78.3 cm³/mol. The molecule has 2 rings (SSSR count). The standard InChI is InChI=1S/C15H16N2O4/c1-21-14-3-2-11(16)4-10(14)8-17-15(20)9-5-12(18)7-13(19)6-9/h2-7,18-19H,8,16H2,1H3,(H,17,20). The minimum atomic E-state index is -0.425. The molecule has 0 aliphatic heterocycles. The lowest BCUT2D eigenvalue weighted by molar-refractivity contribution is 0.0950. The van der Waals surface area contributed by atoms with Gasteiger partial charge in [-0.2, -0.15) is 0 Å². The highest BCUT2D eigenvalue weighted by Gasteiger charge is 2.10. The Kier molecular flexibility index (Phi) is 4.18. The molecule has 0 radical (unpaired) electrons. The summed E-state index contributed by atoms with van der Waals surface area (Å²) in [6.45, 7) is 0.212. The number of rotatable bonds is 4. The van der Waals surface area contributed by atoms with Gasteiger partial charge in [-0.15, -0.1) is 0 Å². The molecule has 6 heteroatoms. The zero-order valence-corrected chi connectivity index (χ0v) is 11.5. The summed E-state index contributed by atoms with van der Waals surface area (Å²) in [5.41, 5.74) is 7.16. The summed E-state index contributed by atoms with van der Waals surface area (Å²) in [6.07, 6.45) is 0. The van der Waals surface area contributed by atoms with Gasteiger partial charge in [-0.25, -0.2) is 0 Å². The molecule has 0 aliphatic rings. The molecule has 0 fully saturated rings. The van der Waals surface area contributed by atoms with Crippen LogP contribution in [-0.4, -0.2) is 23.2 Å². The predicted octanol–water partition coefficient (Wildman–Crippen LogP) is 1.62. The first-order valence-corrected chi connectivity index (χ1v) is 6.23. The smallest absolute Gasteiger partial charge is 0.251 e. The number of amides is 1. The number of carbonyl (C=O) groups excluding carboxylic acids is 1. The van der Waals surface area contributed by atoms with Gasteiger partial charge in [0.2, 0.25) is 0 Å². The third kappa shape index (κ3) is 3.56. The lowest BCUT2D eigenvalue weighted by Crippen LogP contribution is -2.23. The van der Waals surface area contributed by atoms with E-state index in [-0.39, 0.29) is 23.6 Å². The van der Waals surface area contributed by atoms with E-state index in [0.717, 1.165) is 11.6 Å². The molecular weight excluding hydrogens is 272 g/mol. The highest BCUT2D eigenvalue weighted by Crippen LogP contribution is 2.22. The summed E-state index contributed by atoms with van der Waals surface area (Å²) in [7, 11) is 1.53. The molecule has 2 aromatic carbocycles. The molecule has 0 bridgehead atoms. The van der Waals surface area contributed by atoms with Crippen LogP contribution in [0.15, 0.2) is 36.4 Å². The monoisotopic (exact) mass is 288 g/mol. The Hall–Kier alpha value is -2.89. The van der Waals surface area contributed by atoms with E-state index in [2.05, 4.69) is 5.32 Å². The van der Waals surface area contributed by atoms with E-state index in [1.807, 2.05) is 0 Å². The van der Waals surface area contributed by atoms with Crippen molar-refractivity contribution in [1.29, 1.82) is 0 Å². The zero-order chi connectivity index (χ0) is 15.4. The Morgan fingerprint density at radius 2 is 1.86 bits per heavy atom. The zero-order valence-electron chi connectivity index (χ0n) is 11.5. The fraction of sp³-hybridized carbons (Fsp3) is 0.133. The van der Waals surface area contributed by atoms with Crippen molar-refractivity contribution in [2.24, 2.45) is 0 Å². The van der Waals surface area contributed by atoms with E-state index < -0.39 is 5.91 Å². The largest absolute Gasteiger partial charge is 0.508 e. The first kappa shape index (κ1) is 14.5. The van der Waals surface area contributed by atoms with Crippen LogP contribution in [0.25, 0.3) is 0 Å².